The van der Waals surface area contributed by atoms with E-state index in [1.165, 1.54) is 43.4 Å². The lowest BCUT2D eigenvalue weighted by Crippen LogP contribution is -2.51. The van der Waals surface area contributed by atoms with E-state index in [0.717, 1.165) is 12.5 Å². The molecule has 2 N–H and O–H groups in total. The first-order chi connectivity index (χ1) is 9.03. The number of carboxylic acids is 1. The number of nitrogens with zero attached hydrogens (tertiary/aromatic N) is 1. The van der Waals surface area contributed by atoms with Gasteiger partial charge in [-0.1, -0.05) is 12.8 Å². The molecule has 2 fully saturated rings. The number of carboxylic acid groups (broad SMARTS) is 1. The van der Waals surface area contributed by atoms with Crippen molar-refractivity contribution in [3.8, 4) is 0 Å². The van der Waals surface area contributed by atoms with E-state index in [1.54, 1.807) is 7.05 Å². The minimum atomic E-state index is -0.871. The Hall–Kier alpha value is -1.26. The maximum atomic E-state index is 11.9. The van der Waals surface area contributed by atoms with Crippen LogP contribution in [0.1, 0.15) is 44.9 Å². The fourth-order valence-corrected chi connectivity index (χ4v) is 3.13. The number of amides is 2. The Kier molecular flexibility index (Phi) is 4.32. The summed E-state index contributed by atoms with van der Waals surface area (Å²) in [7, 11) is 1.65. The minimum absolute atomic E-state index is 0.00229. The van der Waals surface area contributed by atoms with Gasteiger partial charge in [0.2, 0.25) is 0 Å². The fourth-order valence-electron chi connectivity index (χ4n) is 3.13. The molecule has 5 heteroatoms. The molecule has 0 aromatic carbocycles. The van der Waals surface area contributed by atoms with Gasteiger partial charge in [-0.25, -0.2) is 4.79 Å². The van der Waals surface area contributed by atoms with Crippen LogP contribution in [0.3, 0.4) is 0 Å². The normalized spacial score (nSPS) is 21.1. The molecule has 108 valence electrons. The third-order valence-electron chi connectivity index (χ3n) is 4.92. The van der Waals surface area contributed by atoms with Gasteiger partial charge in [-0.05, 0) is 37.0 Å². The summed E-state index contributed by atoms with van der Waals surface area (Å²) in [4.78, 5) is 23.8. The first-order valence-corrected chi connectivity index (χ1v) is 7.24. The smallest absolute Gasteiger partial charge is 0.317 e. The second-order valence-corrected chi connectivity index (χ2v) is 6.07. The zero-order chi connectivity index (χ0) is 13.9. The number of urea groups is 1. The summed E-state index contributed by atoms with van der Waals surface area (Å²) in [5, 5.41) is 11.6. The van der Waals surface area contributed by atoms with Crippen LogP contribution in [0.5, 0.6) is 0 Å². The molecule has 0 spiro atoms. The van der Waals surface area contributed by atoms with Crippen LogP contribution in [-0.4, -0.2) is 42.1 Å². The van der Waals surface area contributed by atoms with E-state index in [0.29, 0.717) is 5.41 Å². The molecule has 2 amide bonds. The molecule has 19 heavy (non-hydrogen) atoms. The molecule has 0 heterocycles. The maximum absolute atomic E-state index is 11.9. The highest BCUT2D eigenvalue weighted by Gasteiger charge is 2.46. The van der Waals surface area contributed by atoms with E-state index < -0.39 is 5.97 Å². The molecule has 2 rings (SSSR count). The number of carbonyl (C=O) groups is 2. The molecule has 0 saturated heterocycles. The zero-order valence-electron chi connectivity index (χ0n) is 11.7. The summed E-state index contributed by atoms with van der Waals surface area (Å²) in [5.41, 5.74) is 0.349. The summed E-state index contributed by atoms with van der Waals surface area (Å²) in [5.74, 6) is -0.0737. The third-order valence-corrected chi connectivity index (χ3v) is 4.92. The fraction of sp³-hybridized carbons (Fsp3) is 0.857. The van der Waals surface area contributed by atoms with Gasteiger partial charge in [-0.2, -0.15) is 0 Å². The van der Waals surface area contributed by atoms with Crippen LogP contribution in [0.25, 0.3) is 0 Å². The highest BCUT2D eigenvalue weighted by molar-refractivity contribution is 5.75. The lowest BCUT2D eigenvalue weighted by Gasteiger charge is -2.52. The Morgan fingerprint density at radius 3 is 2.42 bits per heavy atom. The van der Waals surface area contributed by atoms with E-state index in [-0.39, 0.29) is 19.0 Å². The standard InChI is InChI=1S/C14H24N2O3/c1-16(9-6-12(17)18)13(19)15-10-14(7-3-8-14)11-4-2-5-11/h11H,2-10H2,1H3,(H,15,19)(H,17,18). The van der Waals surface area contributed by atoms with Crippen molar-refractivity contribution in [2.45, 2.75) is 44.9 Å². The van der Waals surface area contributed by atoms with Gasteiger partial charge in [0.25, 0.3) is 0 Å². The first-order valence-electron chi connectivity index (χ1n) is 7.24. The second kappa shape index (κ2) is 5.80. The van der Waals surface area contributed by atoms with Crippen LogP contribution in [-0.2, 0) is 4.79 Å². The molecular weight excluding hydrogens is 244 g/mol. The second-order valence-electron chi connectivity index (χ2n) is 6.07. The average molecular weight is 268 g/mol. The van der Waals surface area contributed by atoms with E-state index >= 15 is 0 Å². The summed E-state index contributed by atoms with van der Waals surface area (Å²) < 4.78 is 0. The molecule has 2 saturated carbocycles. The Morgan fingerprint density at radius 1 is 1.32 bits per heavy atom. The number of rotatable bonds is 6. The molecule has 0 aromatic heterocycles. The van der Waals surface area contributed by atoms with Crippen molar-refractivity contribution in [1.82, 2.24) is 10.2 Å². The van der Waals surface area contributed by atoms with Crippen molar-refractivity contribution in [3.05, 3.63) is 0 Å². The molecule has 5 nitrogen and oxygen atoms in total. The summed E-state index contributed by atoms with van der Waals surface area (Å²) in [6.07, 6.45) is 7.70. The van der Waals surface area contributed by atoms with Crippen molar-refractivity contribution < 1.29 is 14.7 Å². The molecule has 0 unspecified atom stereocenters. The van der Waals surface area contributed by atoms with Crippen molar-refractivity contribution in [2.24, 2.45) is 11.3 Å². The predicted molar refractivity (Wildman–Crippen MR) is 71.9 cm³/mol. The summed E-state index contributed by atoms with van der Waals surface area (Å²) in [6.45, 7) is 1.02. The number of hydrogen-bond acceptors (Lipinski definition) is 2. The molecule has 2 aliphatic rings. The minimum Gasteiger partial charge on any atom is -0.481 e. The van der Waals surface area contributed by atoms with Crippen LogP contribution >= 0.6 is 0 Å². The molecule has 0 aromatic rings. The largest absolute Gasteiger partial charge is 0.481 e. The summed E-state index contributed by atoms with van der Waals surface area (Å²) >= 11 is 0. The van der Waals surface area contributed by atoms with Gasteiger partial charge in [-0.15, -0.1) is 0 Å². The topological polar surface area (TPSA) is 69.6 Å². The highest BCUT2D eigenvalue weighted by atomic mass is 16.4. The lowest BCUT2D eigenvalue weighted by molar-refractivity contribution is -0.137. The number of nitrogens with one attached hydrogen (secondary N) is 1. The van der Waals surface area contributed by atoms with E-state index in [2.05, 4.69) is 5.32 Å². The first kappa shape index (κ1) is 14.2. The Morgan fingerprint density at radius 2 is 2.00 bits per heavy atom. The number of aliphatic carboxylic acids is 1. The van der Waals surface area contributed by atoms with E-state index in [4.69, 9.17) is 5.11 Å². The van der Waals surface area contributed by atoms with Gasteiger partial charge >= 0.3 is 12.0 Å². The van der Waals surface area contributed by atoms with E-state index in [1.807, 2.05) is 0 Å². The molecule has 2 aliphatic carbocycles. The Balaban J connectivity index is 1.74. The van der Waals surface area contributed by atoms with Crippen molar-refractivity contribution in [3.63, 3.8) is 0 Å². The van der Waals surface area contributed by atoms with Crippen molar-refractivity contribution in [1.29, 1.82) is 0 Å². The van der Waals surface area contributed by atoms with Gasteiger partial charge < -0.3 is 15.3 Å². The van der Waals surface area contributed by atoms with Crippen LogP contribution in [0.2, 0.25) is 0 Å². The quantitative estimate of drug-likeness (QED) is 0.774. The molecule has 0 aliphatic heterocycles. The average Bonchev–Trinajstić information content (AvgIpc) is 2.25. The maximum Gasteiger partial charge on any atom is 0.317 e. The van der Waals surface area contributed by atoms with Crippen molar-refractivity contribution in [2.75, 3.05) is 20.1 Å². The summed E-state index contributed by atoms with van der Waals surface area (Å²) in [6, 6.07) is -0.146. The molecule has 0 radical (unpaired) electrons. The highest BCUT2D eigenvalue weighted by Crippen LogP contribution is 2.53. The van der Waals surface area contributed by atoms with Crippen LogP contribution in [0, 0.1) is 11.3 Å². The van der Waals surface area contributed by atoms with Gasteiger partial charge in [0.1, 0.15) is 0 Å². The van der Waals surface area contributed by atoms with Crippen LogP contribution < -0.4 is 5.32 Å². The number of hydrogen-bond donors (Lipinski definition) is 2. The van der Waals surface area contributed by atoms with E-state index in [9.17, 15) is 9.59 Å². The van der Waals surface area contributed by atoms with Gasteiger partial charge in [0.15, 0.2) is 0 Å². The van der Waals surface area contributed by atoms with Crippen LogP contribution in [0.4, 0.5) is 4.79 Å². The van der Waals surface area contributed by atoms with Crippen LogP contribution in [0.15, 0.2) is 0 Å². The SMILES string of the molecule is CN(CCC(=O)O)C(=O)NCC1(C2CCC2)CCC1. The Bertz CT molecular complexity index is 349. The van der Waals surface area contributed by atoms with Crippen molar-refractivity contribution >= 4 is 12.0 Å². The Labute approximate surface area is 114 Å². The lowest BCUT2D eigenvalue weighted by atomic mass is 9.55. The van der Waals surface area contributed by atoms with Gasteiger partial charge in [0, 0.05) is 20.1 Å². The predicted octanol–water partition coefficient (Wildman–Crippen LogP) is 2.07. The number of carbonyl (C=O) groups excluding carboxylic acids is 1. The monoisotopic (exact) mass is 268 g/mol. The third kappa shape index (κ3) is 3.19. The molecule has 0 bridgehead atoms. The van der Waals surface area contributed by atoms with Gasteiger partial charge in [-0.3, -0.25) is 4.79 Å². The molecular formula is C14H24N2O3. The van der Waals surface area contributed by atoms with Gasteiger partial charge in [0.05, 0.1) is 6.42 Å². The molecule has 0 atom stereocenters. The zero-order valence-corrected chi connectivity index (χ0v) is 11.7.